The van der Waals surface area contributed by atoms with Crippen LogP contribution in [0, 0.1) is 17.7 Å². The number of hydrogen-bond donors (Lipinski definition) is 0. The summed E-state index contributed by atoms with van der Waals surface area (Å²) in [6, 6.07) is 1.85. The molecule has 1 aliphatic rings. The molecule has 1 radical (unpaired) electrons. The first-order valence-electron chi connectivity index (χ1n) is 6.23. The number of benzene rings is 1. The van der Waals surface area contributed by atoms with Gasteiger partial charge < -0.3 is 9.64 Å². The zero-order valence-corrected chi connectivity index (χ0v) is 17.0. The second kappa shape index (κ2) is 8.76. The summed E-state index contributed by atoms with van der Waals surface area (Å²) in [5.74, 6) is -2.67. The minimum absolute atomic E-state index is 0. The van der Waals surface area contributed by atoms with Crippen molar-refractivity contribution < 1.29 is 59.8 Å². The van der Waals surface area contributed by atoms with Crippen molar-refractivity contribution in [2.75, 3.05) is 13.7 Å². The fraction of sp³-hybridized carbons (Fsp3) is 0.357. The van der Waals surface area contributed by atoms with Crippen LogP contribution in [0.15, 0.2) is 12.1 Å². The van der Waals surface area contributed by atoms with E-state index in [1.165, 1.54) is 7.11 Å². The van der Waals surface area contributed by atoms with Gasteiger partial charge >= 0.3 is 0 Å². The van der Waals surface area contributed by atoms with Crippen molar-refractivity contribution in [2.45, 2.75) is 16.8 Å². The number of carbonyl (C=O) groups is 1. The third kappa shape index (κ3) is 4.66. The van der Waals surface area contributed by atoms with Crippen molar-refractivity contribution in [3.05, 3.63) is 35.4 Å². The van der Waals surface area contributed by atoms with Crippen LogP contribution in [0.4, 0.5) is 17.6 Å². The predicted octanol–water partition coefficient (Wildman–Crippen LogP) is 3.42. The summed E-state index contributed by atoms with van der Waals surface area (Å²) < 4.78 is 57.7. The van der Waals surface area contributed by atoms with Crippen molar-refractivity contribution in [3.8, 4) is 5.75 Å². The molecule has 0 aliphatic carbocycles. The van der Waals surface area contributed by atoms with Crippen LogP contribution in [0.3, 0.4) is 0 Å². The minimum atomic E-state index is -2.83. The fourth-order valence-corrected chi connectivity index (χ4v) is 2.64. The Balaban J connectivity index is 0.00000264. The maximum absolute atomic E-state index is 14.1. The van der Waals surface area contributed by atoms with Gasteiger partial charge in [0.1, 0.15) is 5.75 Å². The van der Waals surface area contributed by atoms with Gasteiger partial charge in [-0.3, -0.25) is 4.79 Å². The van der Waals surface area contributed by atoms with Gasteiger partial charge in [0.05, 0.1) is 29.2 Å². The molecule has 9 heteroatoms. The van der Waals surface area contributed by atoms with Gasteiger partial charge in [-0.2, -0.15) is 0 Å². The molecule has 0 fully saturated rings. The van der Waals surface area contributed by atoms with E-state index in [0.29, 0.717) is 4.90 Å². The van der Waals surface area contributed by atoms with E-state index >= 15 is 0 Å². The van der Waals surface area contributed by atoms with E-state index in [-0.39, 0.29) is 50.6 Å². The molecule has 0 aromatic heterocycles. The van der Waals surface area contributed by atoms with Crippen LogP contribution in [-0.2, 0) is 37.5 Å². The predicted molar refractivity (Wildman–Crippen MR) is 79.7 cm³/mol. The molecule has 0 N–H and O–H groups in total. The number of allylic oxidation sites excluding steroid dienone is 1. The number of carbonyl (C=O) groups excluding carboxylic acids is 1. The largest absolute Gasteiger partial charge is 0.497 e. The van der Waals surface area contributed by atoms with Gasteiger partial charge in [0, 0.05) is 32.7 Å². The molecule has 0 spiro atoms. The summed E-state index contributed by atoms with van der Waals surface area (Å²) in [6.07, 6.45) is -0.0801. The Bertz CT molecular complexity index is 604. The van der Waals surface area contributed by atoms with Crippen LogP contribution in [0.2, 0.25) is 0 Å². The molecule has 2 rings (SSSR count). The SMILES string of the molecule is COc1cc(F)c(C2=[C-]CC(I)C(=O)N2CC(F)F)c(F)c1.[Y]. The van der Waals surface area contributed by atoms with Crippen molar-refractivity contribution in [2.24, 2.45) is 0 Å². The van der Waals surface area contributed by atoms with Gasteiger partial charge in [0.25, 0.3) is 6.43 Å². The minimum Gasteiger partial charge on any atom is -0.497 e. The Morgan fingerprint density at radius 1 is 1.39 bits per heavy atom. The molecule has 23 heavy (non-hydrogen) atoms. The summed E-state index contributed by atoms with van der Waals surface area (Å²) in [7, 11) is 1.24. The molecular weight excluding hydrogens is 506 g/mol. The first-order chi connectivity index (χ1) is 10.3. The zero-order chi connectivity index (χ0) is 16.4. The standard InChI is InChI=1S/C14H11F4INO2.Y/c1-22-7-4-8(15)13(9(16)5-7)11-3-2-10(19)14(21)20(11)6-12(17)18;/h4-5,10,12H,2,6H2,1H3;/q-1;. The molecule has 1 unspecified atom stereocenters. The van der Waals surface area contributed by atoms with Crippen molar-refractivity contribution in [1.29, 1.82) is 0 Å². The van der Waals surface area contributed by atoms with Gasteiger partial charge in [-0.05, 0) is 12.1 Å². The number of methoxy groups -OCH3 is 1. The second-order valence-electron chi connectivity index (χ2n) is 4.50. The van der Waals surface area contributed by atoms with Crippen LogP contribution in [0.25, 0.3) is 5.70 Å². The molecule has 1 amide bonds. The van der Waals surface area contributed by atoms with E-state index in [2.05, 4.69) is 6.08 Å². The van der Waals surface area contributed by atoms with Crippen molar-refractivity contribution in [3.63, 3.8) is 0 Å². The molecule has 1 heterocycles. The van der Waals surface area contributed by atoms with E-state index in [1.54, 1.807) is 22.6 Å². The van der Waals surface area contributed by atoms with Gasteiger partial charge in [-0.25, -0.2) is 23.6 Å². The number of amides is 1. The molecule has 1 atom stereocenters. The van der Waals surface area contributed by atoms with Crippen molar-refractivity contribution >= 4 is 34.2 Å². The Labute approximate surface area is 169 Å². The fourth-order valence-electron chi connectivity index (χ4n) is 2.08. The van der Waals surface area contributed by atoms with Gasteiger partial charge in [0.15, 0.2) is 0 Å². The van der Waals surface area contributed by atoms with Crippen LogP contribution < -0.4 is 4.74 Å². The molecule has 1 aliphatic heterocycles. The first kappa shape index (κ1) is 20.8. The Morgan fingerprint density at radius 2 is 1.96 bits per heavy atom. The molecule has 1 aromatic rings. The van der Waals surface area contributed by atoms with Gasteiger partial charge in [-0.15, -0.1) is 5.70 Å². The quantitative estimate of drug-likeness (QED) is 0.266. The number of hydrogen-bond acceptors (Lipinski definition) is 2. The number of nitrogens with zero attached hydrogens (tertiary/aromatic N) is 1. The number of rotatable bonds is 4. The molecular formula is C14H11F4INO2Y-. The Kier molecular flexibility index (Phi) is 7.93. The zero-order valence-electron chi connectivity index (χ0n) is 12.0. The number of ether oxygens (including phenoxy) is 1. The molecule has 1 aromatic carbocycles. The van der Waals surface area contributed by atoms with E-state index in [0.717, 1.165) is 12.1 Å². The Hall–Kier alpha value is -0.216. The number of alkyl halides is 3. The molecule has 123 valence electrons. The number of halogens is 5. The molecule has 0 bridgehead atoms. The van der Waals surface area contributed by atoms with E-state index in [4.69, 9.17) is 4.74 Å². The summed E-state index contributed by atoms with van der Waals surface area (Å²) in [5, 5.41) is 0. The topological polar surface area (TPSA) is 29.5 Å². The molecule has 3 nitrogen and oxygen atoms in total. The third-order valence-electron chi connectivity index (χ3n) is 3.06. The maximum Gasteiger partial charge on any atom is 0.256 e. The van der Waals surface area contributed by atoms with Gasteiger partial charge in [0.2, 0.25) is 5.91 Å². The van der Waals surface area contributed by atoms with Gasteiger partial charge in [-0.1, -0.05) is 34.6 Å². The summed E-state index contributed by atoms with van der Waals surface area (Å²) in [6.45, 7) is -0.939. The maximum atomic E-state index is 14.1. The first-order valence-corrected chi connectivity index (χ1v) is 7.47. The van der Waals surface area contributed by atoms with E-state index in [9.17, 15) is 22.4 Å². The van der Waals surface area contributed by atoms with Crippen LogP contribution in [-0.4, -0.2) is 34.8 Å². The van der Waals surface area contributed by atoms with Crippen LogP contribution in [0.1, 0.15) is 12.0 Å². The molecule has 0 saturated carbocycles. The average molecular weight is 517 g/mol. The summed E-state index contributed by atoms with van der Waals surface area (Å²) >= 11 is 1.78. The Morgan fingerprint density at radius 3 is 2.43 bits per heavy atom. The average Bonchev–Trinajstić information content (AvgIpc) is 2.44. The monoisotopic (exact) mass is 517 g/mol. The van der Waals surface area contributed by atoms with Crippen molar-refractivity contribution in [1.82, 2.24) is 4.90 Å². The summed E-state index contributed by atoms with van der Waals surface area (Å²) in [4.78, 5) is 12.7. The van der Waals surface area contributed by atoms with Crippen LogP contribution in [0.5, 0.6) is 5.75 Å². The van der Waals surface area contributed by atoms with E-state index in [1.807, 2.05) is 0 Å². The van der Waals surface area contributed by atoms with Crippen LogP contribution >= 0.6 is 22.6 Å². The smallest absolute Gasteiger partial charge is 0.256 e. The second-order valence-corrected chi connectivity index (χ2v) is 6.01. The third-order valence-corrected chi connectivity index (χ3v) is 4.03. The summed E-state index contributed by atoms with van der Waals surface area (Å²) in [5.41, 5.74) is -0.853. The molecule has 0 saturated heterocycles. The van der Waals surface area contributed by atoms with E-state index < -0.39 is 40.0 Å². The normalized spacial score (nSPS) is 17.9.